The summed E-state index contributed by atoms with van der Waals surface area (Å²) in [6, 6.07) is 3.39. The maximum Gasteiger partial charge on any atom is 0.338 e. The third-order valence-electron chi connectivity index (χ3n) is 3.39. The molecule has 4 nitrogen and oxygen atoms in total. The second-order valence-corrected chi connectivity index (χ2v) is 5.90. The van der Waals surface area contributed by atoms with Crippen LogP contribution < -0.4 is 5.32 Å². The maximum absolute atomic E-state index is 11.5. The van der Waals surface area contributed by atoms with E-state index in [1.807, 2.05) is 0 Å². The Morgan fingerprint density at radius 2 is 2.15 bits per heavy atom. The summed E-state index contributed by atoms with van der Waals surface area (Å²) in [5, 5.41) is 3.31. The van der Waals surface area contributed by atoms with Gasteiger partial charge in [0.2, 0.25) is 0 Å². The van der Waals surface area contributed by atoms with E-state index in [9.17, 15) is 4.79 Å². The average molecular weight is 278 g/mol. The molecule has 0 aliphatic heterocycles. The van der Waals surface area contributed by atoms with E-state index in [2.05, 4.69) is 31.1 Å². The summed E-state index contributed by atoms with van der Waals surface area (Å²) in [5.74, 6) is 0.383. The minimum atomic E-state index is -0.336. The number of esters is 1. The first-order valence-corrected chi connectivity index (χ1v) is 7.27. The fourth-order valence-corrected chi connectivity index (χ4v) is 2.04. The molecule has 0 aliphatic rings. The number of carbonyl (C=O) groups excluding carboxylic acids is 1. The highest BCUT2D eigenvalue weighted by Gasteiger charge is 2.17. The van der Waals surface area contributed by atoms with Gasteiger partial charge in [-0.3, -0.25) is 0 Å². The SMILES string of the molecule is CCCCCC(C)(C)CNc1cc(C(=O)OC)ccn1. The number of hydrogen-bond acceptors (Lipinski definition) is 4. The van der Waals surface area contributed by atoms with Crippen LogP contribution in [0, 0.1) is 5.41 Å². The quantitative estimate of drug-likeness (QED) is 0.579. The summed E-state index contributed by atoms with van der Waals surface area (Å²) in [6.07, 6.45) is 6.58. The van der Waals surface area contributed by atoms with Crippen molar-refractivity contribution in [1.82, 2.24) is 4.98 Å². The molecule has 0 atom stereocenters. The normalized spacial score (nSPS) is 11.2. The summed E-state index contributed by atoms with van der Waals surface area (Å²) >= 11 is 0. The van der Waals surface area contributed by atoms with Crippen molar-refractivity contribution in [1.29, 1.82) is 0 Å². The standard InChI is InChI=1S/C16H26N2O2/c1-5-6-7-9-16(2,3)12-18-14-11-13(8-10-17-14)15(19)20-4/h8,10-11H,5-7,9,12H2,1-4H3,(H,17,18). The Balaban J connectivity index is 2.54. The van der Waals surface area contributed by atoms with E-state index < -0.39 is 0 Å². The molecule has 20 heavy (non-hydrogen) atoms. The number of nitrogens with one attached hydrogen (secondary N) is 1. The van der Waals surface area contributed by atoms with Gasteiger partial charge in [0.25, 0.3) is 0 Å². The number of pyridine rings is 1. The van der Waals surface area contributed by atoms with Crippen LogP contribution >= 0.6 is 0 Å². The van der Waals surface area contributed by atoms with Gasteiger partial charge in [-0.15, -0.1) is 0 Å². The fraction of sp³-hybridized carbons (Fsp3) is 0.625. The summed E-state index contributed by atoms with van der Waals surface area (Å²) in [5.41, 5.74) is 0.742. The van der Waals surface area contributed by atoms with E-state index in [1.54, 1.807) is 18.3 Å². The van der Waals surface area contributed by atoms with Crippen molar-refractivity contribution in [2.24, 2.45) is 5.41 Å². The fourth-order valence-electron chi connectivity index (χ4n) is 2.04. The Morgan fingerprint density at radius 3 is 2.80 bits per heavy atom. The topological polar surface area (TPSA) is 51.2 Å². The zero-order valence-corrected chi connectivity index (χ0v) is 13.0. The molecule has 0 unspecified atom stereocenters. The molecule has 0 radical (unpaired) electrons. The minimum Gasteiger partial charge on any atom is -0.465 e. The molecule has 0 bridgehead atoms. The number of ether oxygens (including phenoxy) is 1. The second-order valence-electron chi connectivity index (χ2n) is 5.90. The van der Waals surface area contributed by atoms with Gasteiger partial charge in [0.05, 0.1) is 12.7 Å². The van der Waals surface area contributed by atoms with Crippen molar-refractivity contribution in [3.8, 4) is 0 Å². The molecular formula is C16H26N2O2. The highest BCUT2D eigenvalue weighted by molar-refractivity contribution is 5.89. The van der Waals surface area contributed by atoms with E-state index in [-0.39, 0.29) is 11.4 Å². The molecule has 1 N–H and O–H groups in total. The number of hydrogen-bond donors (Lipinski definition) is 1. The van der Waals surface area contributed by atoms with E-state index in [0.717, 1.165) is 12.4 Å². The number of aromatic nitrogens is 1. The van der Waals surface area contributed by atoms with Crippen LogP contribution in [0.25, 0.3) is 0 Å². The maximum atomic E-state index is 11.5. The van der Waals surface area contributed by atoms with Crippen molar-refractivity contribution >= 4 is 11.8 Å². The molecule has 112 valence electrons. The molecular weight excluding hydrogens is 252 g/mol. The van der Waals surface area contributed by atoms with Crippen LogP contribution in [0.4, 0.5) is 5.82 Å². The van der Waals surface area contributed by atoms with Gasteiger partial charge in [-0.1, -0.05) is 40.0 Å². The van der Waals surface area contributed by atoms with Crippen LogP contribution in [-0.4, -0.2) is 24.6 Å². The van der Waals surface area contributed by atoms with Gasteiger partial charge in [0, 0.05) is 12.7 Å². The third kappa shape index (κ3) is 5.59. The lowest BCUT2D eigenvalue weighted by atomic mass is 9.87. The van der Waals surface area contributed by atoms with Crippen molar-refractivity contribution in [2.75, 3.05) is 19.0 Å². The van der Waals surface area contributed by atoms with Crippen molar-refractivity contribution in [3.63, 3.8) is 0 Å². The van der Waals surface area contributed by atoms with Gasteiger partial charge in [0.15, 0.2) is 0 Å². The molecule has 0 saturated carbocycles. The second kappa shape index (κ2) is 7.88. The summed E-state index contributed by atoms with van der Waals surface area (Å²) in [4.78, 5) is 15.7. The van der Waals surface area contributed by atoms with E-state index in [1.165, 1.54) is 32.8 Å². The van der Waals surface area contributed by atoms with Gasteiger partial charge in [-0.25, -0.2) is 9.78 Å². The first kappa shape index (κ1) is 16.5. The Hall–Kier alpha value is -1.58. The van der Waals surface area contributed by atoms with E-state index in [0.29, 0.717) is 5.56 Å². The molecule has 1 heterocycles. The van der Waals surface area contributed by atoms with Gasteiger partial charge in [-0.05, 0) is 24.0 Å². The van der Waals surface area contributed by atoms with Crippen LogP contribution in [0.5, 0.6) is 0 Å². The molecule has 0 aliphatic carbocycles. The van der Waals surface area contributed by atoms with E-state index in [4.69, 9.17) is 4.74 Å². The number of rotatable bonds is 8. The van der Waals surface area contributed by atoms with E-state index >= 15 is 0 Å². The first-order chi connectivity index (χ1) is 9.48. The Bertz CT molecular complexity index is 430. The number of unbranched alkanes of at least 4 members (excludes halogenated alkanes) is 2. The van der Waals surface area contributed by atoms with Gasteiger partial charge >= 0.3 is 5.97 Å². The molecule has 0 saturated heterocycles. The summed E-state index contributed by atoms with van der Waals surface area (Å²) < 4.78 is 4.71. The van der Waals surface area contributed by atoms with Crippen LogP contribution in [0.3, 0.4) is 0 Å². The van der Waals surface area contributed by atoms with Crippen molar-refractivity contribution < 1.29 is 9.53 Å². The molecule has 1 aromatic heterocycles. The van der Waals surface area contributed by atoms with Crippen LogP contribution in [0.2, 0.25) is 0 Å². The van der Waals surface area contributed by atoms with Crippen LogP contribution in [0.1, 0.15) is 56.8 Å². The smallest absolute Gasteiger partial charge is 0.338 e. The van der Waals surface area contributed by atoms with Gasteiger partial charge < -0.3 is 10.1 Å². The lowest BCUT2D eigenvalue weighted by Crippen LogP contribution is -2.23. The highest BCUT2D eigenvalue weighted by Crippen LogP contribution is 2.24. The van der Waals surface area contributed by atoms with Crippen molar-refractivity contribution in [2.45, 2.75) is 46.5 Å². The average Bonchev–Trinajstić information content (AvgIpc) is 2.45. The van der Waals surface area contributed by atoms with Crippen molar-refractivity contribution in [3.05, 3.63) is 23.9 Å². The molecule has 0 amide bonds. The number of anilines is 1. The molecule has 4 heteroatoms. The highest BCUT2D eigenvalue weighted by atomic mass is 16.5. The van der Waals surface area contributed by atoms with Crippen LogP contribution in [-0.2, 0) is 4.74 Å². The number of methoxy groups -OCH3 is 1. The molecule has 1 aromatic rings. The lowest BCUT2D eigenvalue weighted by Gasteiger charge is -2.25. The Labute approximate surface area is 121 Å². The first-order valence-electron chi connectivity index (χ1n) is 7.27. The molecule has 0 spiro atoms. The molecule has 1 rings (SSSR count). The zero-order valence-electron chi connectivity index (χ0n) is 13.0. The Kier molecular flexibility index (Phi) is 6.49. The zero-order chi connectivity index (χ0) is 15.0. The molecule has 0 aromatic carbocycles. The predicted octanol–water partition coefficient (Wildman–Crippen LogP) is 3.89. The largest absolute Gasteiger partial charge is 0.465 e. The van der Waals surface area contributed by atoms with Crippen LogP contribution in [0.15, 0.2) is 18.3 Å². The van der Waals surface area contributed by atoms with Gasteiger partial charge in [-0.2, -0.15) is 0 Å². The third-order valence-corrected chi connectivity index (χ3v) is 3.39. The number of carbonyl (C=O) groups is 1. The summed E-state index contributed by atoms with van der Waals surface area (Å²) in [6.45, 7) is 7.56. The summed E-state index contributed by atoms with van der Waals surface area (Å²) in [7, 11) is 1.38. The molecule has 0 fully saturated rings. The Morgan fingerprint density at radius 1 is 1.40 bits per heavy atom. The lowest BCUT2D eigenvalue weighted by molar-refractivity contribution is 0.0600. The number of nitrogens with zero attached hydrogens (tertiary/aromatic N) is 1. The minimum absolute atomic E-state index is 0.220. The van der Waals surface area contributed by atoms with Gasteiger partial charge in [0.1, 0.15) is 5.82 Å². The predicted molar refractivity (Wildman–Crippen MR) is 82.0 cm³/mol. The monoisotopic (exact) mass is 278 g/mol.